The first-order chi connectivity index (χ1) is 16.4. The highest BCUT2D eigenvalue weighted by atomic mass is 16.7. The number of tetrazole rings is 2. The highest BCUT2D eigenvalue weighted by Crippen LogP contribution is 2.10. The van der Waals surface area contributed by atoms with Gasteiger partial charge in [0.15, 0.2) is 11.6 Å². The van der Waals surface area contributed by atoms with Crippen LogP contribution in [0.25, 0.3) is 0 Å². The van der Waals surface area contributed by atoms with E-state index in [4.69, 9.17) is 9.94 Å². The summed E-state index contributed by atoms with van der Waals surface area (Å²) < 4.78 is 0. The van der Waals surface area contributed by atoms with Gasteiger partial charge in [0.2, 0.25) is 0 Å². The van der Waals surface area contributed by atoms with Gasteiger partial charge >= 0.3 is 5.97 Å². The molecule has 13 heteroatoms. The number of carboxylic acids is 1. The fourth-order valence-electron chi connectivity index (χ4n) is 3.17. The molecule has 2 aromatic heterocycles. The number of nitrogens with zero attached hydrogens (tertiary/aromatic N) is 9. The second kappa shape index (κ2) is 9.95. The number of benzene rings is 2. The molecule has 0 saturated heterocycles. The first-order valence-electron chi connectivity index (χ1n) is 10.2. The molecular formula is C21H21N9O4. The number of carbonyl (C=O) groups is 2. The summed E-state index contributed by atoms with van der Waals surface area (Å²) in [6.07, 6.45) is 0.228. The topological polar surface area (TPSA) is 154 Å². The van der Waals surface area contributed by atoms with Crippen LogP contribution in [-0.2, 0) is 24.3 Å². The Labute approximate surface area is 193 Å². The summed E-state index contributed by atoms with van der Waals surface area (Å²) in [5.74, 6) is -0.438. The van der Waals surface area contributed by atoms with Gasteiger partial charge < -0.3 is 5.11 Å². The van der Waals surface area contributed by atoms with Crippen LogP contribution in [0.2, 0.25) is 0 Å². The second-order valence-electron chi connectivity index (χ2n) is 7.34. The summed E-state index contributed by atoms with van der Waals surface area (Å²) in [7, 11) is 2.96. The van der Waals surface area contributed by atoms with Crippen LogP contribution in [0.15, 0.2) is 48.5 Å². The molecule has 174 valence electrons. The molecule has 13 nitrogen and oxygen atoms in total. The normalized spacial score (nSPS) is 10.9. The van der Waals surface area contributed by atoms with Crippen LogP contribution in [0.3, 0.4) is 0 Å². The van der Waals surface area contributed by atoms with Crippen LogP contribution in [0.1, 0.15) is 43.5 Å². The summed E-state index contributed by atoms with van der Waals surface area (Å²) >= 11 is 0. The maximum atomic E-state index is 12.3. The van der Waals surface area contributed by atoms with Crippen LogP contribution < -0.4 is 0 Å². The molecule has 2 aromatic carbocycles. The smallest absolute Gasteiger partial charge is 0.335 e. The van der Waals surface area contributed by atoms with E-state index in [9.17, 15) is 9.59 Å². The Morgan fingerprint density at radius 3 is 1.97 bits per heavy atom. The minimum atomic E-state index is -0.996. The van der Waals surface area contributed by atoms with Crippen molar-refractivity contribution in [2.45, 2.75) is 19.5 Å². The van der Waals surface area contributed by atoms with Crippen molar-refractivity contribution in [3.63, 3.8) is 0 Å². The number of aromatic nitrogens is 8. The molecule has 0 aliphatic rings. The second-order valence-corrected chi connectivity index (χ2v) is 7.34. The zero-order valence-electron chi connectivity index (χ0n) is 18.4. The summed E-state index contributed by atoms with van der Waals surface area (Å²) in [6, 6.07) is 13.6. The molecule has 0 unspecified atom stereocenters. The average molecular weight is 463 g/mol. The Hall–Kier alpha value is -4.52. The molecule has 0 saturated carbocycles. The number of hydroxylamine groups is 2. The van der Waals surface area contributed by atoms with Gasteiger partial charge in [-0.15, -0.1) is 20.4 Å². The maximum absolute atomic E-state index is 12.3. The molecule has 0 aliphatic carbocycles. The van der Waals surface area contributed by atoms with Crippen molar-refractivity contribution >= 4 is 11.9 Å². The number of aromatic carboxylic acids is 1. The Balaban J connectivity index is 1.38. The maximum Gasteiger partial charge on any atom is 0.335 e. The average Bonchev–Trinajstić information content (AvgIpc) is 3.47. The van der Waals surface area contributed by atoms with Gasteiger partial charge in [-0.2, -0.15) is 9.59 Å². The van der Waals surface area contributed by atoms with Gasteiger partial charge in [0.25, 0.3) is 5.91 Å². The van der Waals surface area contributed by atoms with Crippen LogP contribution >= 0.6 is 0 Å². The Bertz CT molecular complexity index is 1320. The molecule has 0 atom stereocenters. The Morgan fingerprint density at radius 2 is 1.44 bits per heavy atom. The molecule has 4 rings (SSSR count). The molecule has 4 aromatic rings. The van der Waals surface area contributed by atoms with Gasteiger partial charge in [-0.25, -0.2) is 9.86 Å². The molecule has 0 spiro atoms. The van der Waals surface area contributed by atoms with E-state index in [-0.39, 0.29) is 24.4 Å². The molecule has 0 aliphatic heterocycles. The molecule has 0 fully saturated rings. The lowest BCUT2D eigenvalue weighted by Crippen LogP contribution is -2.25. The van der Waals surface area contributed by atoms with Gasteiger partial charge in [0, 0.05) is 12.6 Å². The van der Waals surface area contributed by atoms with E-state index in [1.54, 1.807) is 36.4 Å². The van der Waals surface area contributed by atoms with E-state index in [1.165, 1.54) is 29.8 Å². The number of amides is 1. The molecule has 0 bridgehead atoms. The SMILES string of the molecule is CON(C)C(=O)c1cccc(Cn2nnc(Cc3nnn(Cc4cccc(C(=O)O)c4)n3)n2)c1. The lowest BCUT2D eigenvalue weighted by molar-refractivity contribution is -0.0757. The number of hydrogen-bond acceptors (Lipinski definition) is 9. The number of carbonyl (C=O) groups excluding carboxylic acids is 1. The van der Waals surface area contributed by atoms with Gasteiger partial charge in [-0.1, -0.05) is 24.3 Å². The predicted octanol–water partition coefficient (Wildman–Crippen LogP) is 0.679. The summed E-state index contributed by atoms with van der Waals surface area (Å²) in [5, 5.41) is 35.0. The quantitative estimate of drug-likeness (QED) is 0.350. The van der Waals surface area contributed by atoms with Crippen LogP contribution in [-0.4, -0.2) is 76.6 Å². The summed E-state index contributed by atoms with van der Waals surface area (Å²) in [4.78, 5) is 31.1. The van der Waals surface area contributed by atoms with Crippen molar-refractivity contribution in [3.8, 4) is 0 Å². The molecule has 2 heterocycles. The third-order valence-electron chi connectivity index (χ3n) is 4.86. The van der Waals surface area contributed by atoms with E-state index in [1.807, 2.05) is 6.07 Å². The van der Waals surface area contributed by atoms with E-state index in [2.05, 4.69) is 30.8 Å². The highest BCUT2D eigenvalue weighted by Gasteiger charge is 2.13. The van der Waals surface area contributed by atoms with Crippen molar-refractivity contribution in [2.75, 3.05) is 14.2 Å². The van der Waals surface area contributed by atoms with Crippen molar-refractivity contribution in [3.05, 3.63) is 82.4 Å². The third kappa shape index (κ3) is 5.45. The first-order valence-corrected chi connectivity index (χ1v) is 10.2. The minimum Gasteiger partial charge on any atom is -0.478 e. The minimum absolute atomic E-state index is 0.194. The van der Waals surface area contributed by atoms with E-state index in [0.717, 1.165) is 16.2 Å². The zero-order valence-corrected chi connectivity index (χ0v) is 18.4. The van der Waals surface area contributed by atoms with Gasteiger partial charge in [-0.3, -0.25) is 9.63 Å². The van der Waals surface area contributed by atoms with Gasteiger partial charge in [0.05, 0.1) is 32.2 Å². The fraction of sp³-hybridized carbons (Fsp3) is 0.238. The first kappa shape index (κ1) is 22.7. The van der Waals surface area contributed by atoms with Crippen molar-refractivity contribution in [1.29, 1.82) is 0 Å². The standard InChI is InChI=1S/C21H21N9O4/c1-28(34-2)20(31)16-7-3-5-14(9-16)12-29-24-18(22-26-29)11-19-23-27-30(25-19)13-15-6-4-8-17(10-15)21(32)33/h3-10H,11-13H2,1-2H3,(H,32,33). The van der Waals surface area contributed by atoms with E-state index in [0.29, 0.717) is 23.8 Å². The number of carboxylic acid groups (broad SMARTS) is 1. The zero-order chi connectivity index (χ0) is 24.1. The Kier molecular flexibility index (Phi) is 6.64. The highest BCUT2D eigenvalue weighted by molar-refractivity contribution is 5.93. The van der Waals surface area contributed by atoms with Crippen LogP contribution in [0.5, 0.6) is 0 Å². The van der Waals surface area contributed by atoms with Gasteiger partial charge in [-0.05, 0) is 45.8 Å². The molecular weight excluding hydrogens is 442 g/mol. The molecule has 0 radical (unpaired) electrons. The van der Waals surface area contributed by atoms with E-state index < -0.39 is 5.97 Å². The van der Waals surface area contributed by atoms with E-state index >= 15 is 0 Å². The third-order valence-corrected chi connectivity index (χ3v) is 4.86. The molecule has 34 heavy (non-hydrogen) atoms. The lowest BCUT2D eigenvalue weighted by atomic mass is 10.1. The monoisotopic (exact) mass is 463 g/mol. The molecule has 1 amide bonds. The van der Waals surface area contributed by atoms with Gasteiger partial charge in [0.1, 0.15) is 0 Å². The largest absolute Gasteiger partial charge is 0.478 e. The van der Waals surface area contributed by atoms with Crippen LogP contribution in [0.4, 0.5) is 0 Å². The molecule has 1 N–H and O–H groups in total. The fourth-order valence-corrected chi connectivity index (χ4v) is 3.17. The van der Waals surface area contributed by atoms with Crippen molar-refractivity contribution in [1.82, 2.24) is 45.5 Å². The van der Waals surface area contributed by atoms with Crippen molar-refractivity contribution < 1.29 is 19.5 Å². The summed E-state index contributed by atoms with van der Waals surface area (Å²) in [6.45, 7) is 0.604. The van der Waals surface area contributed by atoms with Crippen molar-refractivity contribution in [2.24, 2.45) is 0 Å². The Morgan fingerprint density at radius 1 is 0.912 bits per heavy atom. The predicted molar refractivity (Wildman–Crippen MR) is 116 cm³/mol. The summed E-state index contributed by atoms with van der Waals surface area (Å²) in [5.41, 5.74) is 2.24. The van der Waals surface area contributed by atoms with Crippen LogP contribution in [0, 0.1) is 0 Å². The number of rotatable bonds is 9. The lowest BCUT2D eigenvalue weighted by Gasteiger charge is -2.13. The number of hydrogen-bond donors (Lipinski definition) is 1.